The lowest BCUT2D eigenvalue weighted by molar-refractivity contribution is -0.135. The third kappa shape index (κ3) is 5.14. The number of fused-ring (bicyclic) bond motifs is 2. The molecule has 1 heterocycles. The van der Waals surface area contributed by atoms with Gasteiger partial charge in [0.1, 0.15) is 6.04 Å². The van der Waals surface area contributed by atoms with Crippen LogP contribution in [0.4, 0.5) is 10.5 Å². The van der Waals surface area contributed by atoms with Crippen LogP contribution in [0.25, 0.3) is 0 Å². The summed E-state index contributed by atoms with van der Waals surface area (Å²) in [6, 6.07) is 6.84. The summed E-state index contributed by atoms with van der Waals surface area (Å²) in [5.74, 6) is 0.135. The van der Waals surface area contributed by atoms with Gasteiger partial charge in [0.05, 0.1) is 0 Å². The number of halogens is 1. The van der Waals surface area contributed by atoms with Gasteiger partial charge in [-0.3, -0.25) is 4.79 Å². The lowest BCUT2D eigenvalue weighted by atomic mass is 9.65. The van der Waals surface area contributed by atoms with Gasteiger partial charge in [0, 0.05) is 22.7 Å². The molecule has 1 saturated carbocycles. The maximum atomic E-state index is 13.6. The molecule has 6 heteroatoms. The number of carbonyl (C=O) groups excluding carboxylic acids is 2. The van der Waals surface area contributed by atoms with Crippen LogP contribution in [0, 0.1) is 16.7 Å². The summed E-state index contributed by atoms with van der Waals surface area (Å²) < 4.78 is 0.952. The number of nitrogens with one attached hydrogen (secondary N) is 2. The minimum absolute atomic E-state index is 0.0664. The van der Waals surface area contributed by atoms with Crippen molar-refractivity contribution >= 4 is 33.6 Å². The predicted molar refractivity (Wildman–Crippen MR) is 121 cm³/mol. The molecule has 3 rings (SSSR count). The van der Waals surface area contributed by atoms with E-state index in [0.717, 1.165) is 36.7 Å². The molecule has 1 saturated heterocycles. The Bertz CT molecular complexity index is 764. The van der Waals surface area contributed by atoms with Gasteiger partial charge in [-0.25, -0.2) is 4.79 Å². The van der Waals surface area contributed by atoms with Gasteiger partial charge < -0.3 is 15.5 Å². The monoisotopic (exact) mass is 463 g/mol. The van der Waals surface area contributed by atoms with Crippen LogP contribution in [0.1, 0.15) is 60.3 Å². The number of likely N-dealkylation sites (tertiary alicyclic amines) is 1. The van der Waals surface area contributed by atoms with E-state index in [2.05, 4.69) is 59.2 Å². The van der Waals surface area contributed by atoms with Crippen LogP contribution >= 0.6 is 15.9 Å². The second-order valence-electron chi connectivity index (χ2n) is 10.1. The number of anilines is 1. The highest BCUT2D eigenvalue weighted by molar-refractivity contribution is 9.10. The van der Waals surface area contributed by atoms with Gasteiger partial charge >= 0.3 is 6.03 Å². The third-order valence-corrected chi connectivity index (χ3v) is 7.09. The molecule has 2 aliphatic rings. The van der Waals surface area contributed by atoms with Crippen molar-refractivity contribution in [3.63, 3.8) is 0 Å². The Morgan fingerprint density at radius 3 is 2.48 bits per heavy atom. The van der Waals surface area contributed by atoms with E-state index in [1.165, 1.54) is 0 Å². The predicted octanol–water partition coefficient (Wildman–Crippen LogP) is 5.41. The fourth-order valence-electron chi connectivity index (χ4n) is 5.42. The largest absolute Gasteiger partial charge is 0.337 e. The molecule has 2 fully saturated rings. The Kier molecular flexibility index (Phi) is 6.32. The maximum Gasteiger partial charge on any atom is 0.319 e. The van der Waals surface area contributed by atoms with E-state index < -0.39 is 6.04 Å². The van der Waals surface area contributed by atoms with E-state index in [4.69, 9.17) is 0 Å². The summed E-state index contributed by atoms with van der Waals surface area (Å²) in [5, 5.41) is 5.82. The number of amides is 3. The summed E-state index contributed by atoms with van der Waals surface area (Å²) in [6.45, 7) is 11.8. The molecule has 2 bridgehead atoms. The first-order valence-electron chi connectivity index (χ1n) is 10.7. The van der Waals surface area contributed by atoms with Crippen LogP contribution in [0.15, 0.2) is 28.7 Å². The molecular formula is C23H34BrN3O2. The van der Waals surface area contributed by atoms with Crippen LogP contribution in [0.2, 0.25) is 0 Å². The van der Waals surface area contributed by atoms with Gasteiger partial charge in [-0.15, -0.1) is 0 Å². The second kappa shape index (κ2) is 8.29. The van der Waals surface area contributed by atoms with Gasteiger partial charge in [-0.2, -0.15) is 0 Å². The fraction of sp³-hybridized carbons (Fsp3) is 0.652. The SMILES string of the molecule is CCC(C)C(NC(=O)Nc1ccc(Br)cc1)C(=O)N1CC2(C)CC1CC(C)(C)C2. The zero-order valence-corrected chi connectivity index (χ0v) is 19.8. The molecule has 1 aliphatic carbocycles. The Hall–Kier alpha value is -1.56. The molecule has 0 radical (unpaired) electrons. The van der Waals surface area contributed by atoms with E-state index in [9.17, 15) is 9.59 Å². The minimum atomic E-state index is -0.512. The van der Waals surface area contributed by atoms with Crippen molar-refractivity contribution in [3.05, 3.63) is 28.7 Å². The topological polar surface area (TPSA) is 61.4 Å². The Morgan fingerprint density at radius 1 is 1.21 bits per heavy atom. The van der Waals surface area contributed by atoms with E-state index >= 15 is 0 Å². The quantitative estimate of drug-likeness (QED) is 0.612. The third-order valence-electron chi connectivity index (χ3n) is 6.57. The summed E-state index contributed by atoms with van der Waals surface area (Å²) in [5.41, 5.74) is 1.14. The van der Waals surface area contributed by atoms with Crippen molar-refractivity contribution in [2.45, 2.75) is 72.4 Å². The molecule has 3 amide bonds. The van der Waals surface area contributed by atoms with Crippen molar-refractivity contribution in [1.29, 1.82) is 0 Å². The smallest absolute Gasteiger partial charge is 0.319 e. The first kappa shape index (κ1) is 22.1. The zero-order valence-electron chi connectivity index (χ0n) is 18.2. The lowest BCUT2D eigenvalue weighted by Crippen LogP contribution is -2.54. The van der Waals surface area contributed by atoms with Crippen LogP contribution in [-0.4, -0.2) is 35.5 Å². The summed E-state index contributed by atoms with van der Waals surface area (Å²) in [6.07, 6.45) is 4.08. The summed E-state index contributed by atoms with van der Waals surface area (Å²) in [4.78, 5) is 28.2. The number of hydrogen-bond donors (Lipinski definition) is 2. The molecule has 1 aliphatic heterocycles. The van der Waals surface area contributed by atoms with Crippen LogP contribution < -0.4 is 10.6 Å². The molecule has 0 spiro atoms. The van der Waals surface area contributed by atoms with Crippen molar-refractivity contribution in [1.82, 2.24) is 10.2 Å². The second-order valence-corrected chi connectivity index (χ2v) is 11.1. The molecule has 160 valence electrons. The van der Waals surface area contributed by atoms with Gasteiger partial charge in [0.25, 0.3) is 0 Å². The molecular weight excluding hydrogens is 430 g/mol. The normalized spacial score (nSPS) is 27.2. The Labute approximate surface area is 183 Å². The standard InChI is InChI=1S/C23H34BrN3O2/c1-6-15(2)19(26-21(29)25-17-9-7-16(24)8-10-17)20(28)27-14-23(5)12-18(27)11-22(3,4)13-23/h7-10,15,18-19H,6,11-14H2,1-5H3,(H2,25,26,29). The van der Waals surface area contributed by atoms with Gasteiger partial charge in [-0.1, -0.05) is 57.0 Å². The molecule has 29 heavy (non-hydrogen) atoms. The highest BCUT2D eigenvalue weighted by Gasteiger charge is 2.52. The first-order chi connectivity index (χ1) is 13.5. The summed E-state index contributed by atoms with van der Waals surface area (Å²) >= 11 is 3.39. The highest BCUT2D eigenvalue weighted by atomic mass is 79.9. The number of nitrogens with zero attached hydrogens (tertiary/aromatic N) is 1. The van der Waals surface area contributed by atoms with Crippen LogP contribution in [0.3, 0.4) is 0 Å². The fourth-order valence-corrected chi connectivity index (χ4v) is 5.69. The number of urea groups is 1. The van der Waals surface area contributed by atoms with E-state index in [1.807, 2.05) is 31.2 Å². The maximum absolute atomic E-state index is 13.6. The average Bonchev–Trinajstić information content (AvgIpc) is 2.89. The van der Waals surface area contributed by atoms with Gasteiger partial charge in [0.2, 0.25) is 5.91 Å². The Balaban J connectivity index is 1.72. The molecule has 4 atom stereocenters. The Morgan fingerprint density at radius 2 is 1.86 bits per heavy atom. The average molecular weight is 464 g/mol. The molecule has 5 nitrogen and oxygen atoms in total. The van der Waals surface area contributed by atoms with Crippen molar-refractivity contribution in [2.75, 3.05) is 11.9 Å². The zero-order chi connectivity index (χ0) is 21.4. The number of rotatable bonds is 5. The van der Waals surface area contributed by atoms with Gasteiger partial charge in [-0.05, 0) is 60.3 Å². The molecule has 2 N–H and O–H groups in total. The van der Waals surface area contributed by atoms with Crippen molar-refractivity contribution in [2.24, 2.45) is 16.7 Å². The number of carbonyl (C=O) groups is 2. The minimum Gasteiger partial charge on any atom is -0.337 e. The van der Waals surface area contributed by atoms with E-state index in [0.29, 0.717) is 5.69 Å². The molecule has 4 unspecified atom stereocenters. The van der Waals surface area contributed by atoms with E-state index in [-0.39, 0.29) is 34.7 Å². The first-order valence-corrected chi connectivity index (χ1v) is 11.4. The molecule has 0 aromatic heterocycles. The van der Waals surface area contributed by atoms with Crippen molar-refractivity contribution in [3.8, 4) is 0 Å². The van der Waals surface area contributed by atoms with Crippen LogP contribution in [-0.2, 0) is 4.79 Å². The summed E-state index contributed by atoms with van der Waals surface area (Å²) in [7, 11) is 0. The van der Waals surface area contributed by atoms with E-state index in [1.54, 1.807) is 0 Å². The van der Waals surface area contributed by atoms with Crippen molar-refractivity contribution < 1.29 is 9.59 Å². The highest BCUT2D eigenvalue weighted by Crippen LogP contribution is 2.52. The number of benzene rings is 1. The lowest BCUT2D eigenvalue weighted by Gasteiger charge is -2.39. The number of hydrogen-bond acceptors (Lipinski definition) is 2. The molecule has 1 aromatic rings. The van der Waals surface area contributed by atoms with Crippen LogP contribution in [0.5, 0.6) is 0 Å². The molecule has 1 aromatic carbocycles. The van der Waals surface area contributed by atoms with Gasteiger partial charge in [0.15, 0.2) is 0 Å².